The third kappa shape index (κ3) is 4.38. The van der Waals surface area contributed by atoms with Crippen molar-refractivity contribution in [2.24, 2.45) is 5.92 Å². The SMILES string of the molecule is CC1/C=C/CCOC(=O)c2c(O)cc(O)c(Cl)c2CC(=N)/C=C/C1. The van der Waals surface area contributed by atoms with Crippen LogP contribution in [-0.2, 0) is 11.2 Å². The second-order valence-electron chi connectivity index (χ2n) is 5.75. The lowest BCUT2D eigenvalue weighted by Gasteiger charge is -2.14. The van der Waals surface area contributed by atoms with Gasteiger partial charge in [0.2, 0.25) is 0 Å². The molecule has 3 N–H and O–H groups in total. The standard InChI is InChI=1S/C18H20ClNO4/c1-11-5-2-3-8-24-18(23)16-13(9-12(20)7-4-6-11)17(19)15(22)10-14(16)21/h2,4-5,7,10-11,20-22H,3,6,8-9H2,1H3/b5-2+,7-4+,20-12?. The number of phenolic OH excluding ortho intramolecular Hbond substituents is 2. The molecule has 0 saturated heterocycles. The number of cyclic esters (lactones) is 1. The molecular formula is C18H20ClNO4. The van der Waals surface area contributed by atoms with Crippen LogP contribution in [0.5, 0.6) is 11.5 Å². The van der Waals surface area contributed by atoms with Crippen LogP contribution < -0.4 is 0 Å². The van der Waals surface area contributed by atoms with Crippen molar-refractivity contribution in [3.05, 3.63) is 46.5 Å². The number of nitrogens with one attached hydrogen (secondary N) is 1. The number of hydrogen-bond donors (Lipinski definition) is 3. The molecule has 0 bridgehead atoms. The fraction of sp³-hybridized carbons (Fsp3) is 0.333. The first-order valence-electron chi connectivity index (χ1n) is 7.71. The molecule has 0 amide bonds. The van der Waals surface area contributed by atoms with E-state index in [0.29, 0.717) is 12.3 Å². The van der Waals surface area contributed by atoms with Gasteiger partial charge in [0, 0.05) is 18.2 Å². The summed E-state index contributed by atoms with van der Waals surface area (Å²) in [6.45, 7) is 2.23. The largest absolute Gasteiger partial charge is 0.507 e. The van der Waals surface area contributed by atoms with Gasteiger partial charge in [0.05, 0.1) is 11.6 Å². The summed E-state index contributed by atoms with van der Waals surface area (Å²) in [4.78, 5) is 12.3. The number of carbonyl (C=O) groups is 1. The van der Waals surface area contributed by atoms with Gasteiger partial charge in [-0.2, -0.15) is 0 Å². The minimum atomic E-state index is -0.723. The summed E-state index contributed by atoms with van der Waals surface area (Å²) in [5.41, 5.74) is 0.295. The summed E-state index contributed by atoms with van der Waals surface area (Å²) in [7, 11) is 0. The third-order valence-corrected chi connectivity index (χ3v) is 4.12. The highest BCUT2D eigenvalue weighted by Gasteiger charge is 2.24. The minimum absolute atomic E-state index is 0.00590. The molecule has 24 heavy (non-hydrogen) atoms. The number of ether oxygens (including phenoxy) is 1. The topological polar surface area (TPSA) is 90.6 Å². The Morgan fingerprint density at radius 3 is 2.79 bits per heavy atom. The third-order valence-electron chi connectivity index (χ3n) is 3.70. The van der Waals surface area contributed by atoms with Crippen LogP contribution in [0.4, 0.5) is 0 Å². The number of carbonyl (C=O) groups excluding carboxylic acids is 1. The maximum atomic E-state index is 12.3. The molecule has 2 rings (SSSR count). The number of hydrogen-bond acceptors (Lipinski definition) is 5. The average molecular weight is 350 g/mol. The Morgan fingerprint density at radius 2 is 2.04 bits per heavy atom. The summed E-state index contributed by atoms with van der Waals surface area (Å²) in [5.74, 6) is -1.16. The lowest BCUT2D eigenvalue weighted by atomic mass is 9.99. The number of halogens is 1. The van der Waals surface area contributed by atoms with Gasteiger partial charge in [-0.25, -0.2) is 4.79 Å². The fourth-order valence-corrected chi connectivity index (χ4v) is 2.67. The van der Waals surface area contributed by atoms with Crippen LogP contribution >= 0.6 is 11.6 Å². The van der Waals surface area contributed by atoms with Crippen molar-refractivity contribution in [3.63, 3.8) is 0 Å². The Morgan fingerprint density at radius 1 is 1.29 bits per heavy atom. The van der Waals surface area contributed by atoms with Gasteiger partial charge in [0.15, 0.2) is 0 Å². The van der Waals surface area contributed by atoms with E-state index in [1.54, 1.807) is 6.08 Å². The van der Waals surface area contributed by atoms with Gasteiger partial charge in [-0.15, -0.1) is 0 Å². The number of benzene rings is 1. The first-order valence-corrected chi connectivity index (χ1v) is 8.09. The number of aromatic hydroxyl groups is 2. The van der Waals surface area contributed by atoms with Gasteiger partial charge in [-0.1, -0.05) is 36.8 Å². The molecular weight excluding hydrogens is 330 g/mol. The summed E-state index contributed by atoms with van der Waals surface area (Å²) in [6, 6.07) is 1.01. The molecule has 1 heterocycles. The number of phenols is 2. The van der Waals surface area contributed by atoms with Crippen molar-refractivity contribution in [3.8, 4) is 11.5 Å². The van der Waals surface area contributed by atoms with Crippen LogP contribution in [0.25, 0.3) is 0 Å². The van der Waals surface area contributed by atoms with Crippen molar-refractivity contribution in [2.75, 3.05) is 6.61 Å². The first-order chi connectivity index (χ1) is 11.4. The molecule has 1 aromatic rings. The Balaban J connectivity index is 2.44. The molecule has 6 heteroatoms. The van der Waals surface area contributed by atoms with E-state index in [-0.39, 0.29) is 40.6 Å². The average Bonchev–Trinajstić information content (AvgIpc) is 2.51. The molecule has 1 aromatic carbocycles. The predicted octanol–water partition coefficient (Wildman–Crippen LogP) is 4.01. The molecule has 1 unspecified atom stereocenters. The highest BCUT2D eigenvalue weighted by atomic mass is 35.5. The number of esters is 1. The zero-order chi connectivity index (χ0) is 17.7. The van der Waals surface area contributed by atoms with Gasteiger partial charge in [0.25, 0.3) is 0 Å². The van der Waals surface area contributed by atoms with E-state index in [0.717, 1.165) is 12.5 Å². The van der Waals surface area contributed by atoms with Gasteiger partial charge in [0.1, 0.15) is 17.1 Å². The minimum Gasteiger partial charge on any atom is -0.507 e. The quantitative estimate of drug-likeness (QED) is 0.487. The van der Waals surface area contributed by atoms with Gasteiger partial charge < -0.3 is 20.4 Å². The monoisotopic (exact) mass is 349 g/mol. The Bertz CT molecular complexity index is 709. The molecule has 1 aliphatic rings. The van der Waals surface area contributed by atoms with E-state index < -0.39 is 11.7 Å². The highest BCUT2D eigenvalue weighted by Crippen LogP contribution is 2.37. The normalized spacial score (nSPS) is 22.2. The van der Waals surface area contributed by atoms with E-state index in [1.165, 1.54) is 0 Å². The Hall–Kier alpha value is -2.27. The second-order valence-corrected chi connectivity index (χ2v) is 6.13. The smallest absolute Gasteiger partial charge is 0.342 e. The van der Waals surface area contributed by atoms with Gasteiger partial charge >= 0.3 is 5.97 Å². The number of rotatable bonds is 0. The lowest BCUT2D eigenvalue weighted by molar-refractivity contribution is 0.0507. The van der Waals surface area contributed by atoms with Crippen molar-refractivity contribution >= 4 is 23.3 Å². The van der Waals surface area contributed by atoms with Crippen LogP contribution in [0.3, 0.4) is 0 Å². The van der Waals surface area contributed by atoms with Crippen LogP contribution in [0.1, 0.15) is 35.7 Å². The zero-order valence-corrected chi connectivity index (χ0v) is 14.1. The molecule has 0 spiro atoms. The number of fused-ring (bicyclic) bond motifs is 1. The van der Waals surface area contributed by atoms with E-state index in [4.69, 9.17) is 21.7 Å². The van der Waals surface area contributed by atoms with Gasteiger partial charge in [-0.3, -0.25) is 0 Å². The van der Waals surface area contributed by atoms with E-state index in [2.05, 4.69) is 6.92 Å². The molecule has 5 nitrogen and oxygen atoms in total. The van der Waals surface area contributed by atoms with Crippen LogP contribution in [-0.4, -0.2) is 28.5 Å². The fourth-order valence-electron chi connectivity index (χ4n) is 2.45. The Labute approximate surface area is 145 Å². The molecule has 0 aliphatic carbocycles. The van der Waals surface area contributed by atoms with Crippen molar-refractivity contribution in [1.29, 1.82) is 5.41 Å². The summed E-state index contributed by atoms with van der Waals surface area (Å²) in [5, 5.41) is 27.8. The maximum absolute atomic E-state index is 12.3. The second kappa shape index (κ2) is 8.02. The lowest BCUT2D eigenvalue weighted by Crippen LogP contribution is -2.12. The molecule has 1 aliphatic heterocycles. The van der Waals surface area contributed by atoms with Crippen LogP contribution in [0, 0.1) is 11.3 Å². The summed E-state index contributed by atoms with van der Waals surface area (Å²) in [6.07, 6.45) is 8.86. The zero-order valence-electron chi connectivity index (χ0n) is 13.4. The van der Waals surface area contributed by atoms with Crippen molar-refractivity contribution in [1.82, 2.24) is 0 Å². The summed E-state index contributed by atoms with van der Waals surface area (Å²) >= 11 is 6.09. The van der Waals surface area contributed by atoms with E-state index in [1.807, 2.05) is 18.2 Å². The number of allylic oxidation sites excluding steroid dienone is 3. The summed E-state index contributed by atoms with van der Waals surface area (Å²) < 4.78 is 5.18. The highest BCUT2D eigenvalue weighted by molar-refractivity contribution is 6.33. The molecule has 1 atom stereocenters. The molecule has 0 saturated carbocycles. The predicted molar refractivity (Wildman–Crippen MR) is 93.2 cm³/mol. The first kappa shape index (κ1) is 18.1. The van der Waals surface area contributed by atoms with Crippen molar-refractivity contribution in [2.45, 2.75) is 26.2 Å². The van der Waals surface area contributed by atoms with Crippen molar-refractivity contribution < 1.29 is 19.7 Å². The molecule has 0 radical (unpaired) electrons. The van der Waals surface area contributed by atoms with E-state index in [9.17, 15) is 15.0 Å². The Kier molecular flexibility index (Phi) is 6.04. The maximum Gasteiger partial charge on any atom is 0.342 e. The van der Waals surface area contributed by atoms with Crippen LogP contribution in [0.15, 0.2) is 30.4 Å². The molecule has 128 valence electrons. The van der Waals surface area contributed by atoms with Crippen LogP contribution in [0.2, 0.25) is 5.02 Å². The molecule has 0 fully saturated rings. The van der Waals surface area contributed by atoms with Gasteiger partial charge in [-0.05, 0) is 30.4 Å². The molecule has 0 aromatic heterocycles. The van der Waals surface area contributed by atoms with E-state index >= 15 is 0 Å².